The van der Waals surface area contributed by atoms with E-state index in [-0.39, 0.29) is 42.4 Å². The van der Waals surface area contributed by atoms with Crippen LogP contribution < -0.4 is 5.32 Å². The number of nitrogens with one attached hydrogen (secondary N) is 1. The molecule has 162 valence electrons. The number of piperazine rings is 1. The lowest BCUT2D eigenvalue weighted by Gasteiger charge is -2.36. The van der Waals surface area contributed by atoms with Gasteiger partial charge in [-0.3, -0.25) is 14.6 Å². The van der Waals surface area contributed by atoms with E-state index in [0.717, 1.165) is 5.56 Å². The van der Waals surface area contributed by atoms with Gasteiger partial charge in [0.25, 0.3) is 0 Å². The molecule has 1 aromatic rings. The quantitative estimate of drug-likeness (QED) is 0.277. The number of halogens is 2. The first-order valence-corrected chi connectivity index (χ1v) is 9.75. The van der Waals surface area contributed by atoms with Crippen LogP contribution in [0.25, 0.3) is 0 Å². The van der Waals surface area contributed by atoms with Crippen molar-refractivity contribution in [2.24, 2.45) is 4.99 Å². The van der Waals surface area contributed by atoms with E-state index < -0.39 is 5.60 Å². The molecule has 1 aliphatic rings. The summed E-state index contributed by atoms with van der Waals surface area (Å²) in [5.41, 5.74) is 0.395. The molecule has 0 aromatic heterocycles. The molecule has 0 saturated carbocycles. The Hall–Kier alpha value is -1.55. The summed E-state index contributed by atoms with van der Waals surface area (Å²) in [5, 5.41) is 3.67. The normalized spacial score (nSPS) is 14.9. The van der Waals surface area contributed by atoms with Gasteiger partial charge in [-0.2, -0.15) is 0 Å². The topological polar surface area (TPSA) is 74.2 Å². The van der Waals surface area contributed by atoms with Crippen molar-refractivity contribution in [3.05, 3.63) is 34.9 Å². The van der Waals surface area contributed by atoms with Crippen molar-refractivity contribution in [3.8, 4) is 0 Å². The van der Waals surface area contributed by atoms with Crippen molar-refractivity contribution in [2.75, 3.05) is 39.8 Å². The third-order valence-corrected chi connectivity index (χ3v) is 4.43. The molecule has 1 heterocycles. The second-order valence-corrected chi connectivity index (χ2v) is 8.10. The summed E-state index contributed by atoms with van der Waals surface area (Å²) in [6.45, 7) is 8.06. The van der Waals surface area contributed by atoms with Gasteiger partial charge >= 0.3 is 5.97 Å². The van der Waals surface area contributed by atoms with E-state index in [1.807, 2.05) is 48.8 Å². The molecule has 1 amide bonds. The monoisotopic (exact) mass is 536 g/mol. The molecule has 1 N–H and O–H groups in total. The average molecular weight is 537 g/mol. The third kappa shape index (κ3) is 8.77. The molecule has 0 spiro atoms. The Bertz CT molecular complexity index is 729. The maximum Gasteiger partial charge on any atom is 0.325 e. The molecule has 0 radical (unpaired) electrons. The van der Waals surface area contributed by atoms with Crippen LogP contribution in [0.5, 0.6) is 0 Å². The standard InChI is InChI=1S/C20H29ClN4O3.HI/c1-20(2,3)28-18(27)14-23-19(22-4)25-10-8-24(9-11-25)17(26)13-15-6-5-7-16(21)12-15;/h5-7,12H,8-11,13-14H2,1-4H3,(H,22,23);1H. The highest BCUT2D eigenvalue weighted by Crippen LogP contribution is 2.13. The first-order chi connectivity index (χ1) is 13.2. The lowest BCUT2D eigenvalue weighted by molar-refractivity contribution is -0.153. The molecule has 1 aliphatic heterocycles. The molecule has 1 saturated heterocycles. The summed E-state index contributed by atoms with van der Waals surface area (Å²) in [4.78, 5) is 32.5. The molecule has 0 atom stereocenters. The highest BCUT2D eigenvalue weighted by Gasteiger charge is 2.24. The number of amides is 1. The minimum absolute atomic E-state index is 0. The van der Waals surface area contributed by atoms with E-state index in [1.165, 1.54) is 0 Å². The van der Waals surface area contributed by atoms with E-state index >= 15 is 0 Å². The van der Waals surface area contributed by atoms with Gasteiger partial charge in [0.05, 0.1) is 6.42 Å². The summed E-state index contributed by atoms with van der Waals surface area (Å²) in [6, 6.07) is 7.37. The summed E-state index contributed by atoms with van der Waals surface area (Å²) in [5.74, 6) is 0.385. The van der Waals surface area contributed by atoms with Crippen LogP contribution in [0.4, 0.5) is 0 Å². The molecule has 0 bridgehead atoms. The zero-order valence-electron chi connectivity index (χ0n) is 17.4. The SMILES string of the molecule is CN=C(NCC(=O)OC(C)(C)C)N1CCN(C(=O)Cc2cccc(Cl)c2)CC1.I. The zero-order chi connectivity index (χ0) is 20.7. The largest absolute Gasteiger partial charge is 0.459 e. The molecule has 0 unspecified atom stereocenters. The van der Waals surface area contributed by atoms with Gasteiger partial charge in [0.1, 0.15) is 12.1 Å². The molecule has 29 heavy (non-hydrogen) atoms. The van der Waals surface area contributed by atoms with Gasteiger partial charge in [-0.05, 0) is 38.5 Å². The number of rotatable bonds is 4. The van der Waals surface area contributed by atoms with Crippen LogP contribution in [0.2, 0.25) is 5.02 Å². The smallest absolute Gasteiger partial charge is 0.325 e. The van der Waals surface area contributed by atoms with Gasteiger partial charge in [0.2, 0.25) is 5.91 Å². The second kappa shape index (κ2) is 11.6. The molecule has 7 nitrogen and oxygen atoms in total. The van der Waals surface area contributed by atoms with Crippen molar-refractivity contribution in [2.45, 2.75) is 32.8 Å². The fourth-order valence-electron chi connectivity index (χ4n) is 2.96. The van der Waals surface area contributed by atoms with Crippen LogP contribution in [0.3, 0.4) is 0 Å². The molecular formula is C20H30ClIN4O3. The van der Waals surface area contributed by atoms with Crippen LogP contribution in [0.1, 0.15) is 26.3 Å². The average Bonchev–Trinajstić information content (AvgIpc) is 2.61. The third-order valence-electron chi connectivity index (χ3n) is 4.20. The van der Waals surface area contributed by atoms with Gasteiger partial charge in [-0.15, -0.1) is 24.0 Å². The van der Waals surface area contributed by atoms with Gasteiger partial charge < -0.3 is 19.9 Å². The second-order valence-electron chi connectivity index (χ2n) is 7.66. The van der Waals surface area contributed by atoms with E-state index in [4.69, 9.17) is 16.3 Å². The number of guanidine groups is 1. The van der Waals surface area contributed by atoms with E-state index in [9.17, 15) is 9.59 Å². The van der Waals surface area contributed by atoms with Crippen LogP contribution in [0.15, 0.2) is 29.3 Å². The summed E-state index contributed by atoms with van der Waals surface area (Å²) < 4.78 is 5.30. The Morgan fingerprint density at radius 2 is 1.79 bits per heavy atom. The summed E-state index contributed by atoms with van der Waals surface area (Å²) in [6.07, 6.45) is 0.339. The van der Waals surface area contributed by atoms with Crippen LogP contribution in [-0.4, -0.2) is 73.0 Å². The zero-order valence-corrected chi connectivity index (χ0v) is 20.5. The number of esters is 1. The molecule has 2 rings (SSSR count). The minimum atomic E-state index is -0.517. The van der Waals surface area contributed by atoms with Gasteiger partial charge in [0, 0.05) is 38.2 Å². The number of aliphatic imine (C=N–C) groups is 1. The number of benzene rings is 1. The van der Waals surface area contributed by atoms with Gasteiger partial charge in [-0.1, -0.05) is 23.7 Å². The number of carbonyl (C=O) groups excluding carboxylic acids is 2. The minimum Gasteiger partial charge on any atom is -0.459 e. The maximum absolute atomic E-state index is 12.5. The molecule has 1 aromatic carbocycles. The van der Waals surface area contributed by atoms with Crippen molar-refractivity contribution in [1.82, 2.24) is 15.1 Å². The van der Waals surface area contributed by atoms with Crippen molar-refractivity contribution in [3.63, 3.8) is 0 Å². The highest BCUT2D eigenvalue weighted by atomic mass is 127. The molecular weight excluding hydrogens is 507 g/mol. The molecule has 1 fully saturated rings. The van der Waals surface area contributed by atoms with Crippen LogP contribution in [0, 0.1) is 0 Å². The fourth-order valence-corrected chi connectivity index (χ4v) is 3.17. The number of carbonyl (C=O) groups is 2. The van der Waals surface area contributed by atoms with Crippen molar-refractivity contribution < 1.29 is 14.3 Å². The Morgan fingerprint density at radius 3 is 2.34 bits per heavy atom. The van der Waals surface area contributed by atoms with Crippen LogP contribution >= 0.6 is 35.6 Å². The Kier molecular flexibility index (Phi) is 10.2. The van der Waals surface area contributed by atoms with Crippen LogP contribution in [-0.2, 0) is 20.7 Å². The fraction of sp³-hybridized carbons (Fsp3) is 0.550. The predicted molar refractivity (Wildman–Crippen MR) is 126 cm³/mol. The number of ether oxygens (including phenoxy) is 1. The lowest BCUT2D eigenvalue weighted by atomic mass is 10.1. The number of hydrogen-bond donors (Lipinski definition) is 1. The predicted octanol–water partition coefficient (Wildman–Crippen LogP) is 2.56. The Morgan fingerprint density at radius 1 is 1.17 bits per heavy atom. The first kappa shape index (κ1) is 25.5. The van der Waals surface area contributed by atoms with E-state index in [2.05, 4.69) is 10.3 Å². The maximum atomic E-state index is 12.5. The first-order valence-electron chi connectivity index (χ1n) is 9.37. The molecule has 0 aliphatic carbocycles. The molecule has 9 heteroatoms. The summed E-state index contributed by atoms with van der Waals surface area (Å²) in [7, 11) is 1.67. The summed E-state index contributed by atoms with van der Waals surface area (Å²) >= 11 is 5.99. The van der Waals surface area contributed by atoms with Gasteiger partial charge in [0.15, 0.2) is 5.96 Å². The van der Waals surface area contributed by atoms with E-state index in [1.54, 1.807) is 13.1 Å². The Balaban J connectivity index is 0.00000420. The van der Waals surface area contributed by atoms with Gasteiger partial charge in [-0.25, -0.2) is 0 Å². The van der Waals surface area contributed by atoms with E-state index in [0.29, 0.717) is 43.6 Å². The number of hydrogen-bond acceptors (Lipinski definition) is 4. The number of nitrogens with zero attached hydrogens (tertiary/aromatic N) is 3. The van der Waals surface area contributed by atoms with Crippen molar-refractivity contribution >= 4 is 53.4 Å². The Labute approximate surface area is 194 Å². The highest BCUT2D eigenvalue weighted by molar-refractivity contribution is 14.0. The van der Waals surface area contributed by atoms with Crippen molar-refractivity contribution in [1.29, 1.82) is 0 Å². The lowest BCUT2D eigenvalue weighted by Crippen LogP contribution is -2.54.